The standard InChI is InChI=1S/C8H13NO/c1-9(2)7-5-3-4-6-8(7)10/h5-6,10H,3-4H2,1-2H3. The maximum atomic E-state index is 9.29. The van der Waals surface area contributed by atoms with Crippen LogP contribution in [0, 0.1) is 0 Å². The van der Waals surface area contributed by atoms with Gasteiger partial charge in [-0.25, -0.2) is 0 Å². The molecular formula is C8H13NO. The smallest absolute Gasteiger partial charge is 0.134 e. The first-order valence-electron chi connectivity index (χ1n) is 3.49. The molecule has 0 radical (unpaired) electrons. The van der Waals surface area contributed by atoms with Gasteiger partial charge in [-0.05, 0) is 18.9 Å². The van der Waals surface area contributed by atoms with Crippen molar-refractivity contribution in [2.75, 3.05) is 14.1 Å². The van der Waals surface area contributed by atoms with Crippen molar-refractivity contribution in [3.05, 3.63) is 23.6 Å². The van der Waals surface area contributed by atoms with Crippen LogP contribution < -0.4 is 0 Å². The summed E-state index contributed by atoms with van der Waals surface area (Å²) in [7, 11) is 3.86. The Bertz CT molecular complexity index is 180. The van der Waals surface area contributed by atoms with Crippen molar-refractivity contribution in [2.45, 2.75) is 12.8 Å². The zero-order valence-electron chi connectivity index (χ0n) is 6.46. The summed E-state index contributed by atoms with van der Waals surface area (Å²) in [4.78, 5) is 1.92. The van der Waals surface area contributed by atoms with Crippen LogP contribution in [0.3, 0.4) is 0 Å². The van der Waals surface area contributed by atoms with Crippen LogP contribution in [0.15, 0.2) is 23.6 Å². The SMILES string of the molecule is CN(C)C1=CCCC=C1O. The van der Waals surface area contributed by atoms with E-state index in [1.165, 1.54) is 0 Å². The third kappa shape index (κ3) is 1.32. The first kappa shape index (κ1) is 7.19. The Labute approximate surface area is 61.5 Å². The molecule has 10 heavy (non-hydrogen) atoms. The van der Waals surface area contributed by atoms with Gasteiger partial charge < -0.3 is 10.0 Å². The van der Waals surface area contributed by atoms with Gasteiger partial charge in [-0.1, -0.05) is 6.08 Å². The highest BCUT2D eigenvalue weighted by Gasteiger charge is 2.07. The van der Waals surface area contributed by atoms with E-state index in [2.05, 4.69) is 6.08 Å². The number of hydrogen-bond acceptors (Lipinski definition) is 2. The molecule has 0 fully saturated rings. The molecule has 0 aromatic heterocycles. The molecule has 1 aliphatic carbocycles. The van der Waals surface area contributed by atoms with Gasteiger partial charge in [0.25, 0.3) is 0 Å². The van der Waals surface area contributed by atoms with E-state index in [9.17, 15) is 5.11 Å². The molecule has 0 heterocycles. The number of aliphatic hydroxyl groups excluding tert-OH is 1. The first-order valence-corrected chi connectivity index (χ1v) is 3.49. The van der Waals surface area contributed by atoms with Crippen LogP contribution in [-0.2, 0) is 0 Å². The molecule has 2 heteroatoms. The van der Waals surface area contributed by atoms with E-state index < -0.39 is 0 Å². The Morgan fingerprint density at radius 3 is 2.30 bits per heavy atom. The van der Waals surface area contributed by atoms with Crippen molar-refractivity contribution in [1.29, 1.82) is 0 Å². The van der Waals surface area contributed by atoms with Crippen LogP contribution in [0.1, 0.15) is 12.8 Å². The Hall–Kier alpha value is -0.920. The number of hydrogen-bond donors (Lipinski definition) is 1. The summed E-state index contributed by atoms with van der Waals surface area (Å²) in [5.74, 6) is 0.413. The molecule has 56 valence electrons. The quantitative estimate of drug-likeness (QED) is 0.597. The van der Waals surface area contributed by atoms with E-state index in [0.29, 0.717) is 5.76 Å². The van der Waals surface area contributed by atoms with Gasteiger partial charge >= 0.3 is 0 Å². The van der Waals surface area contributed by atoms with E-state index in [1.54, 1.807) is 0 Å². The lowest BCUT2D eigenvalue weighted by atomic mass is 10.1. The number of likely N-dealkylation sites (N-methyl/N-ethyl adjacent to an activating group) is 1. The van der Waals surface area contributed by atoms with Crippen molar-refractivity contribution in [3.8, 4) is 0 Å². The van der Waals surface area contributed by atoms with Gasteiger partial charge in [-0.2, -0.15) is 0 Å². The minimum absolute atomic E-state index is 0.413. The fourth-order valence-electron chi connectivity index (χ4n) is 1.06. The molecule has 0 aliphatic heterocycles. The van der Waals surface area contributed by atoms with Crippen molar-refractivity contribution in [2.24, 2.45) is 0 Å². The second-order valence-corrected chi connectivity index (χ2v) is 2.65. The summed E-state index contributed by atoms with van der Waals surface area (Å²) in [6.07, 6.45) is 5.91. The van der Waals surface area contributed by atoms with E-state index >= 15 is 0 Å². The summed E-state index contributed by atoms with van der Waals surface area (Å²) in [6, 6.07) is 0. The summed E-state index contributed by atoms with van der Waals surface area (Å²) in [6.45, 7) is 0. The fraction of sp³-hybridized carbons (Fsp3) is 0.500. The predicted molar refractivity (Wildman–Crippen MR) is 41.7 cm³/mol. The van der Waals surface area contributed by atoms with Gasteiger partial charge in [0.1, 0.15) is 5.76 Å². The topological polar surface area (TPSA) is 23.5 Å². The van der Waals surface area contributed by atoms with Crippen molar-refractivity contribution >= 4 is 0 Å². The van der Waals surface area contributed by atoms with Gasteiger partial charge in [-0.3, -0.25) is 0 Å². The average molecular weight is 139 g/mol. The summed E-state index contributed by atoms with van der Waals surface area (Å²) in [5, 5.41) is 9.29. The van der Waals surface area contributed by atoms with Gasteiger partial charge in [-0.15, -0.1) is 0 Å². The molecule has 0 unspecified atom stereocenters. The molecule has 0 saturated heterocycles. The van der Waals surface area contributed by atoms with Gasteiger partial charge in [0.05, 0.1) is 5.70 Å². The van der Waals surface area contributed by atoms with Crippen molar-refractivity contribution in [3.63, 3.8) is 0 Å². The maximum absolute atomic E-state index is 9.29. The van der Waals surface area contributed by atoms with Crippen LogP contribution in [0.4, 0.5) is 0 Å². The van der Waals surface area contributed by atoms with E-state index in [1.807, 2.05) is 25.1 Å². The maximum Gasteiger partial charge on any atom is 0.134 e. The zero-order chi connectivity index (χ0) is 7.56. The van der Waals surface area contributed by atoms with Crippen molar-refractivity contribution < 1.29 is 5.11 Å². The van der Waals surface area contributed by atoms with E-state index in [0.717, 1.165) is 18.5 Å². The molecule has 0 aromatic carbocycles. The number of aliphatic hydroxyl groups is 1. The van der Waals surface area contributed by atoms with E-state index in [-0.39, 0.29) is 0 Å². The zero-order valence-corrected chi connectivity index (χ0v) is 6.46. The van der Waals surface area contributed by atoms with Crippen LogP contribution in [0.5, 0.6) is 0 Å². The number of nitrogens with zero attached hydrogens (tertiary/aromatic N) is 1. The lowest BCUT2D eigenvalue weighted by Crippen LogP contribution is -2.14. The third-order valence-electron chi connectivity index (χ3n) is 1.59. The second-order valence-electron chi connectivity index (χ2n) is 2.65. The van der Waals surface area contributed by atoms with Crippen LogP contribution in [-0.4, -0.2) is 24.1 Å². The lowest BCUT2D eigenvalue weighted by Gasteiger charge is -2.18. The highest BCUT2D eigenvalue weighted by atomic mass is 16.3. The van der Waals surface area contributed by atoms with Gasteiger partial charge in [0.15, 0.2) is 0 Å². The normalized spacial score (nSPS) is 17.8. The molecule has 0 spiro atoms. The number of rotatable bonds is 1. The Balaban J connectivity index is 2.74. The molecule has 1 aliphatic rings. The van der Waals surface area contributed by atoms with Crippen LogP contribution in [0.2, 0.25) is 0 Å². The molecule has 2 nitrogen and oxygen atoms in total. The molecule has 0 atom stereocenters. The molecule has 0 amide bonds. The largest absolute Gasteiger partial charge is 0.506 e. The summed E-state index contributed by atoms with van der Waals surface area (Å²) in [5.41, 5.74) is 0.936. The molecule has 0 saturated carbocycles. The van der Waals surface area contributed by atoms with Crippen molar-refractivity contribution in [1.82, 2.24) is 4.90 Å². The van der Waals surface area contributed by atoms with E-state index in [4.69, 9.17) is 0 Å². The predicted octanol–water partition coefficient (Wildman–Crippen LogP) is 1.67. The Kier molecular flexibility index (Phi) is 2.00. The van der Waals surface area contributed by atoms with Gasteiger partial charge in [0.2, 0.25) is 0 Å². The average Bonchev–Trinajstić information content (AvgIpc) is 1.88. The minimum Gasteiger partial charge on any atom is -0.506 e. The highest BCUT2D eigenvalue weighted by molar-refractivity contribution is 5.25. The Morgan fingerprint density at radius 2 is 1.90 bits per heavy atom. The second kappa shape index (κ2) is 2.78. The monoisotopic (exact) mass is 139 g/mol. The van der Waals surface area contributed by atoms with Crippen LogP contribution >= 0.6 is 0 Å². The number of allylic oxidation sites excluding steroid dienone is 2. The minimum atomic E-state index is 0.413. The molecule has 1 rings (SSSR count). The fourth-order valence-corrected chi connectivity index (χ4v) is 1.06. The molecule has 0 aromatic rings. The van der Waals surface area contributed by atoms with Gasteiger partial charge in [0, 0.05) is 14.1 Å². The molecule has 1 N–H and O–H groups in total. The lowest BCUT2D eigenvalue weighted by molar-refractivity contribution is 0.367. The summed E-state index contributed by atoms with van der Waals surface area (Å²) < 4.78 is 0. The third-order valence-corrected chi connectivity index (χ3v) is 1.59. The molecular weight excluding hydrogens is 126 g/mol. The first-order chi connectivity index (χ1) is 4.72. The Morgan fingerprint density at radius 1 is 1.30 bits per heavy atom. The van der Waals surface area contributed by atoms with Crippen LogP contribution in [0.25, 0.3) is 0 Å². The highest BCUT2D eigenvalue weighted by Crippen LogP contribution is 2.17. The molecule has 0 bridgehead atoms. The summed E-state index contributed by atoms with van der Waals surface area (Å²) >= 11 is 0.